The SMILES string of the molecule is CNC(=O)c1ccc(CN(Cc2nc(-c3ccc(C(F)(F)F)cc3)no2)C2CC2)cc1. The van der Waals surface area contributed by atoms with Gasteiger partial charge in [0.15, 0.2) is 0 Å². The highest BCUT2D eigenvalue weighted by molar-refractivity contribution is 5.93. The topological polar surface area (TPSA) is 71.3 Å². The third-order valence-electron chi connectivity index (χ3n) is 5.17. The highest BCUT2D eigenvalue weighted by atomic mass is 19.4. The first-order chi connectivity index (χ1) is 14.8. The van der Waals surface area contributed by atoms with Gasteiger partial charge in [-0.2, -0.15) is 18.2 Å². The molecule has 0 aliphatic heterocycles. The molecule has 31 heavy (non-hydrogen) atoms. The van der Waals surface area contributed by atoms with Gasteiger partial charge in [-0.25, -0.2) is 0 Å². The van der Waals surface area contributed by atoms with Gasteiger partial charge in [-0.15, -0.1) is 0 Å². The molecule has 1 fully saturated rings. The van der Waals surface area contributed by atoms with Gasteiger partial charge in [-0.1, -0.05) is 29.4 Å². The molecule has 3 aromatic rings. The molecule has 4 rings (SSSR count). The molecule has 1 aliphatic carbocycles. The summed E-state index contributed by atoms with van der Waals surface area (Å²) in [5.41, 5.74) is 1.40. The minimum Gasteiger partial charge on any atom is -0.355 e. The molecule has 9 heteroatoms. The highest BCUT2D eigenvalue weighted by Gasteiger charge is 2.31. The Morgan fingerprint density at radius 3 is 2.35 bits per heavy atom. The molecule has 0 radical (unpaired) electrons. The second-order valence-corrected chi connectivity index (χ2v) is 7.50. The zero-order chi connectivity index (χ0) is 22.0. The Morgan fingerprint density at radius 1 is 1.10 bits per heavy atom. The number of halogens is 3. The molecular weight excluding hydrogens is 409 g/mol. The lowest BCUT2D eigenvalue weighted by Crippen LogP contribution is -2.25. The molecule has 2 aromatic carbocycles. The number of nitrogens with one attached hydrogen (secondary N) is 1. The summed E-state index contributed by atoms with van der Waals surface area (Å²) in [4.78, 5) is 18.3. The van der Waals surface area contributed by atoms with Crippen LogP contribution in [0.1, 0.15) is 40.2 Å². The van der Waals surface area contributed by atoms with Gasteiger partial charge in [0, 0.05) is 30.8 Å². The van der Waals surface area contributed by atoms with Crippen LogP contribution in [0.3, 0.4) is 0 Å². The number of rotatable bonds is 7. The van der Waals surface area contributed by atoms with E-state index in [-0.39, 0.29) is 11.7 Å². The molecule has 1 amide bonds. The number of alkyl halides is 3. The van der Waals surface area contributed by atoms with Gasteiger partial charge in [0.1, 0.15) is 0 Å². The van der Waals surface area contributed by atoms with Crippen molar-refractivity contribution in [1.82, 2.24) is 20.4 Å². The molecule has 0 saturated heterocycles. The zero-order valence-electron chi connectivity index (χ0n) is 16.8. The lowest BCUT2D eigenvalue weighted by Gasteiger charge is -2.20. The van der Waals surface area contributed by atoms with E-state index in [2.05, 4.69) is 20.4 Å². The van der Waals surface area contributed by atoms with Crippen molar-refractivity contribution in [3.63, 3.8) is 0 Å². The maximum atomic E-state index is 12.7. The molecule has 0 unspecified atom stereocenters. The zero-order valence-corrected chi connectivity index (χ0v) is 16.8. The maximum absolute atomic E-state index is 12.7. The first-order valence-corrected chi connectivity index (χ1v) is 9.89. The van der Waals surface area contributed by atoms with Crippen molar-refractivity contribution in [2.24, 2.45) is 0 Å². The van der Waals surface area contributed by atoms with Gasteiger partial charge < -0.3 is 9.84 Å². The fourth-order valence-electron chi connectivity index (χ4n) is 3.31. The summed E-state index contributed by atoms with van der Waals surface area (Å²) in [5, 5.41) is 6.52. The fourth-order valence-corrected chi connectivity index (χ4v) is 3.31. The van der Waals surface area contributed by atoms with E-state index < -0.39 is 11.7 Å². The summed E-state index contributed by atoms with van der Waals surface area (Å²) >= 11 is 0. The Morgan fingerprint density at radius 2 is 1.77 bits per heavy atom. The van der Waals surface area contributed by atoms with Gasteiger partial charge in [-0.05, 0) is 42.7 Å². The first kappa shape index (κ1) is 21.0. The van der Waals surface area contributed by atoms with Crippen LogP contribution in [0.25, 0.3) is 11.4 Å². The minimum absolute atomic E-state index is 0.132. The predicted molar refractivity (Wildman–Crippen MR) is 107 cm³/mol. The number of hydrogen-bond acceptors (Lipinski definition) is 5. The van der Waals surface area contributed by atoms with E-state index in [0.717, 1.165) is 30.5 Å². The van der Waals surface area contributed by atoms with Crippen molar-refractivity contribution in [3.05, 3.63) is 71.1 Å². The molecule has 1 saturated carbocycles. The summed E-state index contributed by atoms with van der Waals surface area (Å²) in [6, 6.07) is 12.5. The molecule has 162 valence electrons. The Balaban J connectivity index is 1.44. The Labute approximate surface area is 177 Å². The van der Waals surface area contributed by atoms with Crippen molar-refractivity contribution < 1.29 is 22.5 Å². The second-order valence-electron chi connectivity index (χ2n) is 7.50. The van der Waals surface area contributed by atoms with Crippen LogP contribution in [0, 0.1) is 0 Å². The Hall–Kier alpha value is -3.20. The summed E-state index contributed by atoms with van der Waals surface area (Å²) in [5.74, 6) is 0.533. The monoisotopic (exact) mass is 430 g/mol. The lowest BCUT2D eigenvalue weighted by atomic mass is 10.1. The number of nitrogens with zero attached hydrogens (tertiary/aromatic N) is 3. The summed E-state index contributed by atoms with van der Waals surface area (Å²) in [6.07, 6.45) is -2.23. The van der Waals surface area contributed by atoms with Crippen molar-refractivity contribution >= 4 is 5.91 Å². The van der Waals surface area contributed by atoms with E-state index >= 15 is 0 Å². The number of amides is 1. The first-order valence-electron chi connectivity index (χ1n) is 9.89. The van der Waals surface area contributed by atoms with Crippen molar-refractivity contribution in [3.8, 4) is 11.4 Å². The van der Waals surface area contributed by atoms with E-state index in [1.165, 1.54) is 12.1 Å². The molecule has 1 heterocycles. The van der Waals surface area contributed by atoms with Crippen LogP contribution in [-0.4, -0.2) is 34.0 Å². The summed E-state index contributed by atoms with van der Waals surface area (Å²) < 4.78 is 43.6. The molecular formula is C22H21F3N4O2. The van der Waals surface area contributed by atoms with Gasteiger partial charge in [0.05, 0.1) is 12.1 Å². The second kappa shape index (κ2) is 8.50. The Kier molecular flexibility index (Phi) is 5.77. The van der Waals surface area contributed by atoms with Crippen LogP contribution in [0.4, 0.5) is 13.2 Å². The lowest BCUT2D eigenvalue weighted by molar-refractivity contribution is -0.137. The van der Waals surface area contributed by atoms with Crippen LogP contribution in [0.2, 0.25) is 0 Å². The predicted octanol–water partition coefficient (Wildman–Crippen LogP) is 4.28. The van der Waals surface area contributed by atoms with Crippen LogP contribution >= 0.6 is 0 Å². The van der Waals surface area contributed by atoms with E-state index in [4.69, 9.17) is 4.52 Å². The highest BCUT2D eigenvalue weighted by Crippen LogP contribution is 2.31. The third-order valence-corrected chi connectivity index (χ3v) is 5.17. The van der Waals surface area contributed by atoms with Gasteiger partial charge in [0.2, 0.25) is 11.7 Å². The number of carbonyl (C=O) groups excluding carboxylic acids is 1. The van der Waals surface area contributed by atoms with Gasteiger partial charge in [-0.3, -0.25) is 9.69 Å². The van der Waals surface area contributed by atoms with E-state index in [9.17, 15) is 18.0 Å². The smallest absolute Gasteiger partial charge is 0.355 e. The summed E-state index contributed by atoms with van der Waals surface area (Å²) in [7, 11) is 1.59. The number of aromatic nitrogens is 2. The molecule has 6 nitrogen and oxygen atoms in total. The average Bonchev–Trinajstić information content (AvgIpc) is 3.51. The van der Waals surface area contributed by atoms with E-state index in [1.807, 2.05) is 12.1 Å². The molecule has 1 N–H and O–H groups in total. The maximum Gasteiger partial charge on any atom is 0.416 e. The number of carbonyl (C=O) groups is 1. The Bertz CT molecular complexity index is 1040. The largest absolute Gasteiger partial charge is 0.416 e. The quantitative estimate of drug-likeness (QED) is 0.606. The van der Waals surface area contributed by atoms with Gasteiger partial charge >= 0.3 is 6.18 Å². The molecule has 1 aromatic heterocycles. The number of hydrogen-bond donors (Lipinski definition) is 1. The van der Waals surface area contributed by atoms with Crippen LogP contribution in [0.15, 0.2) is 53.1 Å². The van der Waals surface area contributed by atoms with Crippen LogP contribution in [0.5, 0.6) is 0 Å². The van der Waals surface area contributed by atoms with E-state index in [1.54, 1.807) is 19.2 Å². The van der Waals surface area contributed by atoms with Crippen molar-refractivity contribution in [2.45, 2.75) is 38.1 Å². The molecule has 0 bridgehead atoms. The van der Waals surface area contributed by atoms with Crippen LogP contribution < -0.4 is 5.32 Å². The standard InChI is InChI=1S/C22H21F3N4O2/c1-26-21(30)16-4-2-14(3-5-16)12-29(18-10-11-18)13-19-27-20(28-31-19)15-6-8-17(9-7-15)22(23,24)25/h2-9,18H,10-13H2,1H3,(H,26,30). The average molecular weight is 430 g/mol. The molecule has 0 atom stereocenters. The van der Waals surface area contributed by atoms with Gasteiger partial charge in [0.25, 0.3) is 5.91 Å². The normalized spacial score (nSPS) is 14.1. The van der Waals surface area contributed by atoms with Crippen LogP contribution in [-0.2, 0) is 19.3 Å². The van der Waals surface area contributed by atoms with E-state index in [0.29, 0.717) is 36.1 Å². The van der Waals surface area contributed by atoms with Crippen molar-refractivity contribution in [1.29, 1.82) is 0 Å². The number of benzene rings is 2. The molecule has 1 aliphatic rings. The minimum atomic E-state index is -4.38. The third kappa shape index (κ3) is 5.11. The summed E-state index contributed by atoms with van der Waals surface area (Å²) in [6.45, 7) is 1.10. The van der Waals surface area contributed by atoms with Crippen molar-refractivity contribution in [2.75, 3.05) is 7.05 Å². The molecule has 0 spiro atoms. The fraction of sp³-hybridized carbons (Fsp3) is 0.318.